The minimum absolute atomic E-state index is 0.0779. The number of ether oxygens (including phenoxy) is 2. The summed E-state index contributed by atoms with van der Waals surface area (Å²) < 4.78 is 26.0. The number of piperazine rings is 1. The Labute approximate surface area is 208 Å². The Balaban J connectivity index is 1.42. The average molecular weight is 484 g/mol. The fourth-order valence-electron chi connectivity index (χ4n) is 4.96. The van der Waals surface area contributed by atoms with Crippen LogP contribution in [0.3, 0.4) is 0 Å². The molecule has 0 spiro atoms. The summed E-state index contributed by atoms with van der Waals surface area (Å²) in [6.07, 6.45) is 1.67. The number of nitrogens with zero attached hydrogens (tertiary/aromatic N) is 3. The molecule has 3 heterocycles. The minimum Gasteiger partial charge on any atom is -0.486 e. The summed E-state index contributed by atoms with van der Waals surface area (Å²) in [5.74, 6) is 1.01. The molecule has 0 aliphatic carbocycles. The van der Waals surface area contributed by atoms with E-state index in [2.05, 4.69) is 14.8 Å². The number of aryl methyl sites for hydroxylation is 1. The minimum atomic E-state index is -0.223. The molecule has 4 aromatic rings. The topological polar surface area (TPSA) is 54.9 Å². The van der Waals surface area contributed by atoms with Crippen molar-refractivity contribution in [1.29, 1.82) is 0 Å². The van der Waals surface area contributed by atoms with Gasteiger partial charge in [0, 0.05) is 49.4 Å². The van der Waals surface area contributed by atoms with E-state index in [4.69, 9.17) is 9.47 Å². The van der Waals surface area contributed by atoms with Crippen molar-refractivity contribution >= 4 is 28.1 Å². The number of para-hydroxylation sites is 1. The Morgan fingerprint density at radius 2 is 1.56 bits per heavy atom. The highest BCUT2D eigenvalue weighted by atomic mass is 19.1. The van der Waals surface area contributed by atoms with Crippen LogP contribution < -0.4 is 19.3 Å². The molecule has 7 heteroatoms. The number of hydrogen-bond donors (Lipinski definition) is 0. The maximum Gasteiger partial charge on any atom is 0.196 e. The number of anilines is 2. The molecule has 0 radical (unpaired) electrons. The summed E-state index contributed by atoms with van der Waals surface area (Å²) >= 11 is 0. The molecule has 0 bridgehead atoms. The van der Waals surface area contributed by atoms with Crippen LogP contribution in [0.1, 0.15) is 21.5 Å². The Hall–Kier alpha value is -4.13. The van der Waals surface area contributed by atoms with E-state index in [1.165, 1.54) is 6.07 Å². The smallest absolute Gasteiger partial charge is 0.196 e. The molecule has 182 valence electrons. The van der Waals surface area contributed by atoms with Crippen molar-refractivity contribution < 1.29 is 18.7 Å². The number of ketones is 1. The normalized spacial score (nSPS) is 15.3. The molecule has 0 amide bonds. The second-order valence-corrected chi connectivity index (χ2v) is 9.15. The largest absolute Gasteiger partial charge is 0.486 e. The summed E-state index contributed by atoms with van der Waals surface area (Å²) in [4.78, 5) is 22.6. The third kappa shape index (κ3) is 4.00. The number of halogens is 1. The molecule has 0 unspecified atom stereocenters. The number of hydrogen-bond acceptors (Lipinski definition) is 6. The Kier molecular flexibility index (Phi) is 5.68. The molecule has 6 nitrogen and oxygen atoms in total. The van der Waals surface area contributed by atoms with Crippen LogP contribution in [0.4, 0.5) is 15.8 Å². The van der Waals surface area contributed by atoms with Gasteiger partial charge in [0.1, 0.15) is 19.0 Å². The van der Waals surface area contributed by atoms with Crippen molar-refractivity contribution in [3.05, 3.63) is 89.4 Å². The number of pyridine rings is 1. The van der Waals surface area contributed by atoms with Gasteiger partial charge in [0.15, 0.2) is 17.3 Å². The van der Waals surface area contributed by atoms with E-state index < -0.39 is 0 Å². The molecule has 2 aliphatic rings. The molecule has 6 rings (SSSR count). The van der Waals surface area contributed by atoms with Gasteiger partial charge in [-0.3, -0.25) is 9.78 Å². The third-order valence-corrected chi connectivity index (χ3v) is 6.85. The van der Waals surface area contributed by atoms with Crippen molar-refractivity contribution in [2.45, 2.75) is 6.92 Å². The molecule has 1 fully saturated rings. The SMILES string of the molecule is Cc1ccc(C(=O)c2cnc3cc4c(cc3c2N2CCN(c3ccccc3F)CC2)OCCO4)cc1. The molecule has 0 N–H and O–H groups in total. The van der Waals surface area contributed by atoms with Gasteiger partial charge in [0.25, 0.3) is 0 Å². The second kappa shape index (κ2) is 9.15. The number of aromatic nitrogens is 1. The van der Waals surface area contributed by atoms with Gasteiger partial charge in [-0.2, -0.15) is 0 Å². The van der Waals surface area contributed by atoms with Crippen LogP contribution in [-0.2, 0) is 0 Å². The summed E-state index contributed by atoms with van der Waals surface area (Å²) in [6.45, 7) is 5.50. The van der Waals surface area contributed by atoms with Gasteiger partial charge in [0.2, 0.25) is 0 Å². The standard InChI is InChI=1S/C29H26FN3O3/c1-19-6-8-20(9-7-19)29(34)22-18-31-24-17-27-26(35-14-15-36-27)16-21(24)28(22)33-12-10-32(11-13-33)25-5-3-2-4-23(25)30/h2-9,16-18H,10-15H2,1H3. The van der Waals surface area contributed by atoms with Gasteiger partial charge in [-0.15, -0.1) is 0 Å². The lowest BCUT2D eigenvalue weighted by Gasteiger charge is -2.38. The van der Waals surface area contributed by atoms with Crippen LogP contribution >= 0.6 is 0 Å². The zero-order valence-corrected chi connectivity index (χ0v) is 20.0. The first-order chi connectivity index (χ1) is 17.6. The van der Waals surface area contributed by atoms with E-state index in [1.54, 1.807) is 12.3 Å². The van der Waals surface area contributed by atoms with Crippen molar-refractivity contribution in [2.75, 3.05) is 49.2 Å². The molecule has 36 heavy (non-hydrogen) atoms. The van der Waals surface area contributed by atoms with Crippen LogP contribution in [0.15, 0.2) is 66.9 Å². The Morgan fingerprint density at radius 3 is 2.28 bits per heavy atom. The summed E-state index contributed by atoms with van der Waals surface area (Å²) in [7, 11) is 0. The Morgan fingerprint density at radius 1 is 0.889 bits per heavy atom. The van der Waals surface area contributed by atoms with Gasteiger partial charge in [0.05, 0.1) is 22.5 Å². The van der Waals surface area contributed by atoms with Crippen LogP contribution in [0.2, 0.25) is 0 Å². The van der Waals surface area contributed by atoms with Crippen molar-refractivity contribution in [3.8, 4) is 11.5 Å². The summed E-state index contributed by atoms with van der Waals surface area (Å²) in [5, 5.41) is 0.844. The zero-order chi connectivity index (χ0) is 24.6. The third-order valence-electron chi connectivity index (χ3n) is 6.85. The van der Waals surface area contributed by atoms with Crippen molar-refractivity contribution in [3.63, 3.8) is 0 Å². The van der Waals surface area contributed by atoms with Crippen LogP contribution in [0, 0.1) is 12.7 Å². The molecular formula is C29H26FN3O3. The molecule has 0 atom stereocenters. The number of carbonyl (C=O) groups is 1. The molecule has 0 saturated carbocycles. The number of rotatable bonds is 4. The highest BCUT2D eigenvalue weighted by Gasteiger charge is 2.27. The van der Waals surface area contributed by atoms with Gasteiger partial charge in [-0.25, -0.2) is 4.39 Å². The number of carbonyl (C=O) groups excluding carboxylic acids is 1. The second-order valence-electron chi connectivity index (χ2n) is 9.15. The van der Waals surface area contributed by atoms with E-state index in [-0.39, 0.29) is 11.6 Å². The highest BCUT2D eigenvalue weighted by molar-refractivity contribution is 6.16. The lowest BCUT2D eigenvalue weighted by Crippen LogP contribution is -2.47. The highest BCUT2D eigenvalue weighted by Crippen LogP contribution is 2.40. The first-order valence-electron chi connectivity index (χ1n) is 12.2. The number of benzene rings is 3. The molecule has 2 aliphatic heterocycles. The van der Waals surface area contributed by atoms with E-state index in [0.29, 0.717) is 67.7 Å². The predicted molar refractivity (Wildman–Crippen MR) is 138 cm³/mol. The summed E-state index contributed by atoms with van der Waals surface area (Å²) in [5.41, 5.74) is 4.43. The quantitative estimate of drug-likeness (QED) is 0.381. The van der Waals surface area contributed by atoms with Crippen LogP contribution in [0.5, 0.6) is 11.5 Å². The Bertz CT molecular complexity index is 1450. The first-order valence-corrected chi connectivity index (χ1v) is 12.2. The lowest BCUT2D eigenvalue weighted by atomic mass is 9.98. The van der Waals surface area contributed by atoms with Crippen molar-refractivity contribution in [1.82, 2.24) is 4.98 Å². The van der Waals surface area contributed by atoms with E-state index in [1.807, 2.05) is 55.5 Å². The maximum absolute atomic E-state index is 14.4. The molecule has 3 aromatic carbocycles. The van der Waals surface area contributed by atoms with E-state index >= 15 is 0 Å². The van der Waals surface area contributed by atoms with Gasteiger partial charge in [-0.1, -0.05) is 42.0 Å². The van der Waals surface area contributed by atoms with Gasteiger partial charge >= 0.3 is 0 Å². The molecule has 1 aromatic heterocycles. The average Bonchev–Trinajstić information content (AvgIpc) is 2.92. The van der Waals surface area contributed by atoms with E-state index in [9.17, 15) is 9.18 Å². The fourth-order valence-corrected chi connectivity index (χ4v) is 4.96. The lowest BCUT2D eigenvalue weighted by molar-refractivity contribution is 0.103. The fraction of sp³-hybridized carbons (Fsp3) is 0.241. The number of fused-ring (bicyclic) bond motifs is 2. The monoisotopic (exact) mass is 483 g/mol. The van der Waals surface area contributed by atoms with Crippen LogP contribution in [-0.4, -0.2) is 50.2 Å². The van der Waals surface area contributed by atoms with Gasteiger partial charge in [-0.05, 0) is 25.1 Å². The molecular weight excluding hydrogens is 457 g/mol. The van der Waals surface area contributed by atoms with Crippen LogP contribution in [0.25, 0.3) is 10.9 Å². The van der Waals surface area contributed by atoms with Gasteiger partial charge < -0.3 is 19.3 Å². The zero-order valence-electron chi connectivity index (χ0n) is 20.0. The van der Waals surface area contributed by atoms with Crippen molar-refractivity contribution in [2.24, 2.45) is 0 Å². The summed E-state index contributed by atoms with van der Waals surface area (Å²) in [6, 6.07) is 18.2. The maximum atomic E-state index is 14.4. The first kappa shape index (κ1) is 22.3. The van der Waals surface area contributed by atoms with E-state index in [0.717, 1.165) is 22.2 Å². The predicted octanol–water partition coefficient (Wildman–Crippen LogP) is 5.01. The molecule has 1 saturated heterocycles.